The van der Waals surface area contributed by atoms with Crippen molar-refractivity contribution in [1.29, 1.82) is 0 Å². The zero-order valence-electron chi connectivity index (χ0n) is 42.3. The first-order chi connectivity index (χ1) is 33.8. The Hall–Kier alpha value is -1.47. The summed E-state index contributed by atoms with van der Waals surface area (Å²) in [5.74, 6) is -0.255. The fourth-order valence-corrected chi connectivity index (χ4v) is 9.29. The Kier molecular flexibility index (Phi) is 32.7. The lowest BCUT2D eigenvalue weighted by molar-refractivity contribution is -0.379. The first-order valence-electron chi connectivity index (χ1n) is 26.9. The Morgan fingerprint density at radius 3 is 1.43 bits per heavy atom. The molecule has 3 rings (SSSR count). The fourth-order valence-electron chi connectivity index (χ4n) is 9.29. The van der Waals surface area contributed by atoms with Gasteiger partial charge in [-0.3, -0.25) is 4.79 Å². The summed E-state index contributed by atoms with van der Waals surface area (Å²) < 4.78 is 34.2. The molecule has 3 aliphatic rings. The van der Waals surface area contributed by atoms with Gasteiger partial charge in [-0.2, -0.15) is 0 Å². The van der Waals surface area contributed by atoms with Crippen molar-refractivity contribution in [2.45, 2.75) is 279 Å². The van der Waals surface area contributed by atoms with Gasteiger partial charge in [0.05, 0.1) is 38.6 Å². The van der Waals surface area contributed by atoms with Crippen LogP contribution in [-0.2, 0) is 33.2 Å². The van der Waals surface area contributed by atoms with Crippen LogP contribution in [0.2, 0.25) is 0 Å². The van der Waals surface area contributed by atoms with Crippen LogP contribution in [0, 0.1) is 0 Å². The standard InChI is InChI=1S/C51H95NO18/c1-3-5-7-9-11-13-15-16-17-19-20-22-24-26-28-35(56)34(52-39(57)29-27-25-23-21-18-14-12-10-8-6-4-2)33-65-49-45(63)42(60)47(37(31-54)67-49)70-51-46(64)43(61)48(38(32-55)68-51)69-50-44(62)41(59)40(58)36(30-53)66-50/h10,12,34-38,40-51,53-56,58-64H,3-9,11,13-33H2,1-2H3,(H,52,57)/b12-10-. The van der Waals surface area contributed by atoms with E-state index in [9.17, 15) is 61.0 Å². The number of hydrogen-bond donors (Lipinski definition) is 12. The van der Waals surface area contributed by atoms with Crippen LogP contribution in [0.3, 0.4) is 0 Å². The highest BCUT2D eigenvalue weighted by atomic mass is 16.8. The first-order valence-corrected chi connectivity index (χ1v) is 26.9. The Labute approximate surface area is 416 Å². The van der Waals surface area contributed by atoms with E-state index in [1.165, 1.54) is 77.0 Å². The van der Waals surface area contributed by atoms with Gasteiger partial charge in [0.25, 0.3) is 0 Å². The maximum atomic E-state index is 13.2. The molecule has 0 aromatic heterocycles. The van der Waals surface area contributed by atoms with E-state index < -0.39 is 124 Å². The van der Waals surface area contributed by atoms with Crippen LogP contribution in [0.1, 0.15) is 174 Å². The Morgan fingerprint density at radius 1 is 0.500 bits per heavy atom. The van der Waals surface area contributed by atoms with E-state index in [4.69, 9.17) is 28.4 Å². The van der Waals surface area contributed by atoms with Crippen molar-refractivity contribution in [3.05, 3.63) is 12.2 Å². The number of rotatable bonds is 38. The summed E-state index contributed by atoms with van der Waals surface area (Å²) in [7, 11) is 0. The van der Waals surface area contributed by atoms with Crippen molar-refractivity contribution in [3.63, 3.8) is 0 Å². The molecular weight excluding hydrogens is 915 g/mol. The zero-order valence-corrected chi connectivity index (χ0v) is 42.3. The molecule has 3 heterocycles. The lowest BCUT2D eigenvalue weighted by Crippen LogP contribution is -2.66. The molecule has 17 unspecified atom stereocenters. The van der Waals surface area contributed by atoms with Gasteiger partial charge in [0.15, 0.2) is 18.9 Å². The molecule has 70 heavy (non-hydrogen) atoms. The lowest BCUT2D eigenvalue weighted by atomic mass is 9.96. The summed E-state index contributed by atoms with van der Waals surface area (Å²) in [6, 6.07) is -0.885. The highest BCUT2D eigenvalue weighted by Crippen LogP contribution is 2.33. The SMILES string of the molecule is CCCC/C=C\CCCCCCCC(=O)NC(COC1OC(CO)C(OC2OC(CO)C(OC3OC(CO)C(O)C(O)C3O)C(O)C2O)C(O)C1O)C(O)CCCCCCCCCCCCCCCC. The van der Waals surface area contributed by atoms with Crippen LogP contribution < -0.4 is 5.32 Å². The van der Waals surface area contributed by atoms with E-state index in [-0.39, 0.29) is 18.9 Å². The van der Waals surface area contributed by atoms with Gasteiger partial charge in [-0.15, -0.1) is 0 Å². The minimum atomic E-state index is -1.97. The molecule has 19 nitrogen and oxygen atoms in total. The fraction of sp³-hybridized carbons (Fsp3) is 0.941. The van der Waals surface area contributed by atoms with E-state index in [1.807, 2.05) is 0 Å². The Balaban J connectivity index is 1.54. The average molecular weight is 1010 g/mol. The monoisotopic (exact) mass is 1010 g/mol. The normalized spacial score (nSPS) is 32.6. The molecule has 0 aromatic rings. The van der Waals surface area contributed by atoms with E-state index >= 15 is 0 Å². The van der Waals surface area contributed by atoms with Crippen LogP contribution in [0.15, 0.2) is 12.2 Å². The highest BCUT2D eigenvalue weighted by Gasteiger charge is 2.53. The summed E-state index contributed by atoms with van der Waals surface area (Å²) >= 11 is 0. The van der Waals surface area contributed by atoms with Crippen LogP contribution in [-0.4, -0.2) is 193 Å². The lowest BCUT2D eigenvalue weighted by Gasteiger charge is -2.48. The van der Waals surface area contributed by atoms with Gasteiger partial charge in [-0.05, 0) is 32.1 Å². The molecule has 0 spiro atoms. The van der Waals surface area contributed by atoms with E-state index in [1.54, 1.807) is 0 Å². The predicted molar refractivity (Wildman–Crippen MR) is 259 cm³/mol. The van der Waals surface area contributed by atoms with Crippen LogP contribution >= 0.6 is 0 Å². The number of ether oxygens (including phenoxy) is 6. The second kappa shape index (κ2) is 36.5. The van der Waals surface area contributed by atoms with Crippen molar-refractivity contribution in [2.75, 3.05) is 26.4 Å². The molecule has 3 saturated heterocycles. The molecule has 0 aromatic carbocycles. The van der Waals surface area contributed by atoms with Gasteiger partial charge in [0.2, 0.25) is 5.91 Å². The van der Waals surface area contributed by atoms with Crippen molar-refractivity contribution in [3.8, 4) is 0 Å². The molecule has 0 aliphatic carbocycles. The molecule has 0 saturated carbocycles. The maximum absolute atomic E-state index is 13.2. The molecule has 0 radical (unpaired) electrons. The number of allylic oxidation sites excluding steroid dienone is 2. The highest BCUT2D eigenvalue weighted by molar-refractivity contribution is 5.76. The van der Waals surface area contributed by atoms with E-state index in [0.717, 1.165) is 64.2 Å². The molecule has 3 aliphatic heterocycles. The number of aliphatic hydroxyl groups excluding tert-OH is 11. The average Bonchev–Trinajstić information content (AvgIpc) is 3.35. The first kappa shape index (κ1) is 62.8. The van der Waals surface area contributed by atoms with E-state index in [0.29, 0.717) is 12.8 Å². The summed E-state index contributed by atoms with van der Waals surface area (Å²) in [6.07, 6.45) is 4.60. The second-order valence-electron chi connectivity index (χ2n) is 19.7. The molecule has 412 valence electrons. The van der Waals surface area contributed by atoms with Crippen molar-refractivity contribution in [1.82, 2.24) is 5.32 Å². The molecule has 19 heteroatoms. The van der Waals surface area contributed by atoms with Crippen molar-refractivity contribution in [2.24, 2.45) is 0 Å². The predicted octanol–water partition coefficient (Wildman–Crippen LogP) is 2.65. The molecule has 12 N–H and O–H groups in total. The second-order valence-corrected chi connectivity index (χ2v) is 19.7. The van der Waals surface area contributed by atoms with Gasteiger partial charge >= 0.3 is 0 Å². The van der Waals surface area contributed by atoms with Crippen LogP contribution in [0.4, 0.5) is 0 Å². The van der Waals surface area contributed by atoms with E-state index in [2.05, 4.69) is 31.3 Å². The number of carbonyl (C=O) groups is 1. The molecule has 17 atom stereocenters. The third kappa shape index (κ3) is 21.8. The molecular formula is C51H95NO18. The number of nitrogens with one attached hydrogen (secondary N) is 1. The van der Waals surface area contributed by atoms with Gasteiger partial charge in [-0.25, -0.2) is 0 Å². The summed E-state index contributed by atoms with van der Waals surface area (Å²) in [5, 5.41) is 120. The quantitative estimate of drug-likeness (QED) is 0.0313. The van der Waals surface area contributed by atoms with Gasteiger partial charge < -0.3 is 89.9 Å². The third-order valence-corrected chi connectivity index (χ3v) is 13.8. The topological polar surface area (TPSA) is 307 Å². The smallest absolute Gasteiger partial charge is 0.220 e. The van der Waals surface area contributed by atoms with Gasteiger partial charge in [0, 0.05) is 6.42 Å². The summed E-state index contributed by atoms with van der Waals surface area (Å²) in [4.78, 5) is 13.2. The summed E-state index contributed by atoms with van der Waals surface area (Å²) in [5.41, 5.74) is 0. The van der Waals surface area contributed by atoms with Crippen LogP contribution in [0.25, 0.3) is 0 Å². The third-order valence-electron chi connectivity index (χ3n) is 13.8. The minimum Gasteiger partial charge on any atom is -0.394 e. The maximum Gasteiger partial charge on any atom is 0.220 e. The number of unbranched alkanes of at least 4 members (excludes halogenated alkanes) is 20. The Morgan fingerprint density at radius 2 is 0.914 bits per heavy atom. The number of aliphatic hydroxyl groups is 11. The zero-order chi connectivity index (χ0) is 51.3. The molecule has 3 fully saturated rings. The van der Waals surface area contributed by atoms with Gasteiger partial charge in [0.1, 0.15) is 73.2 Å². The Bertz CT molecular complexity index is 1350. The number of amides is 1. The molecule has 1 amide bonds. The van der Waals surface area contributed by atoms with Crippen LogP contribution in [0.5, 0.6) is 0 Å². The van der Waals surface area contributed by atoms with Crippen molar-refractivity contribution < 1.29 is 89.4 Å². The van der Waals surface area contributed by atoms with Gasteiger partial charge in [-0.1, -0.05) is 148 Å². The number of hydrogen-bond acceptors (Lipinski definition) is 18. The molecule has 0 bridgehead atoms. The summed E-state index contributed by atoms with van der Waals surface area (Å²) in [6.45, 7) is 1.71. The number of carbonyl (C=O) groups excluding carboxylic acids is 1. The van der Waals surface area contributed by atoms with Crippen molar-refractivity contribution >= 4 is 5.91 Å². The largest absolute Gasteiger partial charge is 0.394 e. The minimum absolute atomic E-state index is 0.255.